The zero-order valence-corrected chi connectivity index (χ0v) is 20.4. The van der Waals surface area contributed by atoms with Gasteiger partial charge in [-0.2, -0.15) is 0 Å². The van der Waals surface area contributed by atoms with Crippen LogP contribution in [0.3, 0.4) is 0 Å². The molecule has 1 N–H and O–H groups in total. The lowest BCUT2D eigenvalue weighted by atomic mass is 9.83. The van der Waals surface area contributed by atoms with Gasteiger partial charge in [-0.15, -0.1) is 0 Å². The maximum Gasteiger partial charge on any atom is 0.225 e. The monoisotopic (exact) mass is 482 g/mol. The summed E-state index contributed by atoms with van der Waals surface area (Å²) in [6.07, 6.45) is 1.63. The zero-order chi connectivity index (χ0) is 24.2. The maximum atomic E-state index is 13.5. The molecule has 2 aromatic carbocycles. The lowest BCUT2D eigenvalue weighted by Crippen LogP contribution is -2.61. The number of piperazine rings is 1. The van der Waals surface area contributed by atoms with Gasteiger partial charge in [-0.3, -0.25) is 9.69 Å². The summed E-state index contributed by atoms with van der Waals surface area (Å²) in [5.74, 6) is 0.557. The molecule has 3 aliphatic heterocycles. The second kappa shape index (κ2) is 10.8. The predicted octanol–water partition coefficient (Wildman–Crippen LogP) is 2.54. The third kappa shape index (κ3) is 5.38. The van der Waals surface area contributed by atoms with E-state index >= 15 is 0 Å². The van der Waals surface area contributed by atoms with Gasteiger partial charge >= 0.3 is 0 Å². The van der Waals surface area contributed by atoms with Gasteiger partial charge < -0.3 is 24.6 Å². The van der Waals surface area contributed by atoms with Gasteiger partial charge in [0.1, 0.15) is 11.6 Å². The van der Waals surface area contributed by atoms with E-state index in [4.69, 9.17) is 9.47 Å². The predicted molar refractivity (Wildman–Crippen MR) is 135 cm³/mol. The van der Waals surface area contributed by atoms with Crippen LogP contribution in [0, 0.1) is 11.7 Å². The Bertz CT molecular complexity index is 1010. The summed E-state index contributed by atoms with van der Waals surface area (Å²) in [4.78, 5) is 20.5. The summed E-state index contributed by atoms with van der Waals surface area (Å²) in [5.41, 5.74) is 3.34. The van der Waals surface area contributed by atoms with Crippen molar-refractivity contribution < 1.29 is 18.7 Å². The second-order valence-corrected chi connectivity index (χ2v) is 9.59. The van der Waals surface area contributed by atoms with Crippen LogP contribution in [0.5, 0.6) is 5.75 Å². The molecule has 2 aromatic rings. The first-order valence-corrected chi connectivity index (χ1v) is 12.6. The number of carbonyl (C=O) groups is 1. The molecule has 3 heterocycles. The minimum Gasteiger partial charge on any atom is -0.497 e. The van der Waals surface area contributed by atoms with E-state index in [9.17, 15) is 9.18 Å². The SMILES string of the molecule is COc1ccc2c(c1)N1CCN(c3ccc(F)cc3)C[C@@H]1[C@H](C(=O)NCCCN1CCOCC1)C2. The molecule has 35 heavy (non-hydrogen) atoms. The Labute approximate surface area is 206 Å². The van der Waals surface area contributed by atoms with E-state index in [0.29, 0.717) is 19.5 Å². The van der Waals surface area contributed by atoms with Gasteiger partial charge in [0.2, 0.25) is 5.91 Å². The van der Waals surface area contributed by atoms with Gasteiger partial charge in [0, 0.05) is 56.7 Å². The van der Waals surface area contributed by atoms with E-state index in [2.05, 4.69) is 32.1 Å². The Balaban J connectivity index is 1.30. The number of ether oxygens (including phenoxy) is 2. The van der Waals surface area contributed by atoms with Gasteiger partial charge in [-0.1, -0.05) is 6.07 Å². The van der Waals surface area contributed by atoms with E-state index in [1.165, 1.54) is 17.7 Å². The number of nitrogens with one attached hydrogen (secondary N) is 1. The molecule has 0 aromatic heterocycles. The van der Waals surface area contributed by atoms with E-state index in [1.807, 2.05) is 18.2 Å². The minimum atomic E-state index is -0.236. The zero-order valence-electron chi connectivity index (χ0n) is 20.4. The first-order chi connectivity index (χ1) is 17.1. The van der Waals surface area contributed by atoms with Crippen LogP contribution in [0.2, 0.25) is 0 Å². The number of hydrogen-bond acceptors (Lipinski definition) is 6. The van der Waals surface area contributed by atoms with Crippen molar-refractivity contribution in [2.75, 3.05) is 75.9 Å². The highest BCUT2D eigenvalue weighted by atomic mass is 19.1. The molecule has 0 radical (unpaired) electrons. The van der Waals surface area contributed by atoms with Crippen molar-refractivity contribution in [3.63, 3.8) is 0 Å². The number of fused-ring (bicyclic) bond motifs is 3. The van der Waals surface area contributed by atoms with E-state index in [1.54, 1.807) is 7.11 Å². The first-order valence-electron chi connectivity index (χ1n) is 12.6. The number of carbonyl (C=O) groups excluding carboxylic acids is 1. The molecule has 1 amide bonds. The number of halogens is 1. The molecule has 2 fully saturated rings. The van der Waals surface area contributed by atoms with Gasteiger partial charge in [0.15, 0.2) is 0 Å². The molecule has 0 saturated carbocycles. The number of benzene rings is 2. The lowest BCUT2D eigenvalue weighted by Gasteiger charge is -2.49. The van der Waals surface area contributed by atoms with Gasteiger partial charge in [-0.05, 0) is 55.3 Å². The fourth-order valence-electron chi connectivity index (χ4n) is 5.56. The minimum absolute atomic E-state index is 0.0349. The standard InChI is InChI=1S/C27H35FN4O3/c1-34-23-8-3-20-17-24(27(33)29-9-2-10-30-13-15-35-16-14-30)26-19-31(11-12-32(26)25(20)18-23)22-6-4-21(28)5-7-22/h3-8,18,24,26H,2,9-17,19H2,1H3,(H,29,33)/t24-,26-/m1/s1. The van der Waals surface area contributed by atoms with Crippen LogP contribution in [0.25, 0.3) is 0 Å². The molecule has 8 heteroatoms. The second-order valence-electron chi connectivity index (χ2n) is 9.59. The average Bonchev–Trinajstić information content (AvgIpc) is 2.91. The number of hydrogen-bond donors (Lipinski definition) is 1. The Kier molecular flexibility index (Phi) is 7.39. The van der Waals surface area contributed by atoms with Gasteiger partial charge in [-0.25, -0.2) is 4.39 Å². The largest absolute Gasteiger partial charge is 0.497 e. The molecule has 5 rings (SSSR count). The highest BCUT2D eigenvalue weighted by molar-refractivity contribution is 5.82. The lowest BCUT2D eigenvalue weighted by molar-refractivity contribution is -0.125. The summed E-state index contributed by atoms with van der Waals surface area (Å²) in [6, 6.07) is 12.8. The third-order valence-electron chi connectivity index (χ3n) is 7.51. The summed E-state index contributed by atoms with van der Waals surface area (Å²) in [6.45, 7) is 7.49. The number of methoxy groups -OCH3 is 1. The molecule has 0 unspecified atom stereocenters. The van der Waals surface area contributed by atoms with Crippen molar-refractivity contribution in [2.45, 2.75) is 18.9 Å². The summed E-state index contributed by atoms with van der Waals surface area (Å²) >= 11 is 0. The van der Waals surface area contributed by atoms with Crippen LogP contribution >= 0.6 is 0 Å². The maximum absolute atomic E-state index is 13.5. The van der Waals surface area contributed by atoms with Crippen LogP contribution in [0.15, 0.2) is 42.5 Å². The number of rotatable bonds is 7. The van der Waals surface area contributed by atoms with Crippen LogP contribution in [0.4, 0.5) is 15.8 Å². The Morgan fingerprint density at radius 2 is 1.91 bits per heavy atom. The van der Waals surface area contributed by atoms with Crippen molar-refractivity contribution >= 4 is 17.3 Å². The number of morpholine rings is 1. The summed E-state index contributed by atoms with van der Waals surface area (Å²) in [5, 5.41) is 3.22. The van der Waals surface area contributed by atoms with E-state index < -0.39 is 0 Å². The highest BCUT2D eigenvalue weighted by Crippen LogP contribution is 2.39. The van der Waals surface area contributed by atoms with E-state index in [-0.39, 0.29) is 23.7 Å². The quantitative estimate of drug-likeness (QED) is 0.613. The number of amides is 1. The summed E-state index contributed by atoms with van der Waals surface area (Å²) < 4.78 is 24.4. The Hall–Kier alpha value is -2.84. The molecule has 2 atom stereocenters. The molecule has 2 saturated heterocycles. The van der Waals surface area contributed by atoms with Crippen molar-refractivity contribution in [2.24, 2.45) is 5.92 Å². The van der Waals surface area contributed by atoms with Crippen LogP contribution in [-0.2, 0) is 16.0 Å². The normalized spacial score (nSPS) is 22.3. The van der Waals surface area contributed by atoms with Crippen LogP contribution in [-0.4, -0.2) is 83.0 Å². The van der Waals surface area contributed by atoms with Crippen molar-refractivity contribution in [3.8, 4) is 5.75 Å². The van der Waals surface area contributed by atoms with E-state index in [0.717, 1.165) is 69.5 Å². The number of anilines is 2. The molecular formula is C27H35FN4O3. The molecule has 3 aliphatic rings. The van der Waals surface area contributed by atoms with Crippen molar-refractivity contribution in [1.29, 1.82) is 0 Å². The Morgan fingerprint density at radius 3 is 2.69 bits per heavy atom. The smallest absolute Gasteiger partial charge is 0.225 e. The molecular weight excluding hydrogens is 447 g/mol. The topological polar surface area (TPSA) is 57.3 Å². The first kappa shape index (κ1) is 23.9. The third-order valence-corrected chi connectivity index (χ3v) is 7.51. The molecule has 0 spiro atoms. The van der Waals surface area contributed by atoms with Crippen LogP contribution in [0.1, 0.15) is 12.0 Å². The van der Waals surface area contributed by atoms with Gasteiger partial charge in [0.05, 0.1) is 32.3 Å². The molecule has 0 bridgehead atoms. The fourth-order valence-corrected chi connectivity index (χ4v) is 5.56. The average molecular weight is 483 g/mol. The summed E-state index contributed by atoms with van der Waals surface area (Å²) in [7, 11) is 1.68. The van der Waals surface area contributed by atoms with Crippen molar-refractivity contribution in [3.05, 3.63) is 53.8 Å². The Morgan fingerprint density at radius 1 is 1.11 bits per heavy atom. The number of nitrogens with zero attached hydrogens (tertiary/aromatic N) is 3. The van der Waals surface area contributed by atoms with Crippen molar-refractivity contribution in [1.82, 2.24) is 10.2 Å². The molecule has 0 aliphatic carbocycles. The van der Waals surface area contributed by atoms with Crippen LogP contribution < -0.4 is 19.9 Å². The molecule has 7 nitrogen and oxygen atoms in total. The molecule has 188 valence electrons. The fraction of sp³-hybridized carbons (Fsp3) is 0.519. The van der Waals surface area contributed by atoms with Gasteiger partial charge in [0.25, 0.3) is 0 Å². The highest BCUT2D eigenvalue weighted by Gasteiger charge is 2.41.